The van der Waals surface area contributed by atoms with Crippen molar-refractivity contribution >= 4 is 28.9 Å². The molecule has 2 aromatic carbocycles. The maximum Gasteiger partial charge on any atom is 0.270 e. The lowest BCUT2D eigenvalue weighted by atomic mass is 10.2. The van der Waals surface area contributed by atoms with E-state index in [4.69, 9.17) is 32.2 Å². The molecule has 3 N–H and O–H groups in total. The number of nitrogens with two attached hydrogens (primary N) is 1. The highest BCUT2D eigenvalue weighted by atomic mass is 32.1. The highest BCUT2D eigenvalue weighted by Crippen LogP contribution is 2.27. The van der Waals surface area contributed by atoms with Gasteiger partial charge in [-0.05, 0) is 36.5 Å². The monoisotopic (exact) mass is 361 g/mol. The Balaban J connectivity index is 2.34. The summed E-state index contributed by atoms with van der Waals surface area (Å²) in [6.07, 6.45) is 0. The molecule has 7 nitrogen and oxygen atoms in total. The van der Waals surface area contributed by atoms with Crippen LogP contribution in [0.4, 0.5) is 5.69 Å². The molecule has 0 aromatic heterocycles. The predicted molar refractivity (Wildman–Crippen MR) is 99.3 cm³/mol. The molecule has 0 saturated heterocycles. The third-order valence-corrected chi connectivity index (χ3v) is 3.56. The molecule has 0 fully saturated rings. The Labute approximate surface area is 151 Å². The van der Waals surface area contributed by atoms with Crippen LogP contribution in [0.25, 0.3) is 0 Å². The van der Waals surface area contributed by atoms with Gasteiger partial charge < -0.3 is 19.9 Å². The van der Waals surface area contributed by atoms with E-state index in [1.807, 2.05) is 0 Å². The Hall–Kier alpha value is -3.00. The molecule has 0 aliphatic carbocycles. The summed E-state index contributed by atoms with van der Waals surface area (Å²) < 4.78 is 15.6. The molecule has 2 aromatic rings. The second-order valence-corrected chi connectivity index (χ2v) is 5.31. The fourth-order valence-electron chi connectivity index (χ4n) is 2.15. The summed E-state index contributed by atoms with van der Waals surface area (Å²) in [6.45, 7) is 0. The molecule has 0 aliphatic heterocycles. The van der Waals surface area contributed by atoms with Crippen molar-refractivity contribution in [3.05, 3.63) is 48.0 Å². The van der Waals surface area contributed by atoms with Gasteiger partial charge in [0, 0.05) is 11.6 Å². The Kier molecular flexibility index (Phi) is 6.02. The number of hydrazine groups is 1. The van der Waals surface area contributed by atoms with Gasteiger partial charge in [0.05, 0.1) is 21.3 Å². The Bertz CT molecular complexity index is 760. The smallest absolute Gasteiger partial charge is 0.270 e. The summed E-state index contributed by atoms with van der Waals surface area (Å²) in [5.74, 6) is 1.06. The summed E-state index contributed by atoms with van der Waals surface area (Å²) in [4.78, 5) is 12.6. The van der Waals surface area contributed by atoms with E-state index in [9.17, 15) is 4.79 Å². The summed E-state index contributed by atoms with van der Waals surface area (Å²) >= 11 is 5.06. The lowest BCUT2D eigenvalue weighted by Gasteiger charge is -2.25. The zero-order valence-electron chi connectivity index (χ0n) is 14.1. The van der Waals surface area contributed by atoms with E-state index < -0.39 is 5.91 Å². The number of amides is 1. The molecular weight excluding hydrogens is 342 g/mol. The maximum absolute atomic E-state index is 12.6. The number of rotatable bonds is 5. The topological polar surface area (TPSA) is 86.1 Å². The lowest BCUT2D eigenvalue weighted by Crippen LogP contribution is -2.49. The van der Waals surface area contributed by atoms with Gasteiger partial charge >= 0.3 is 0 Å². The van der Waals surface area contributed by atoms with Gasteiger partial charge in [0.25, 0.3) is 5.91 Å². The van der Waals surface area contributed by atoms with Gasteiger partial charge in [0.2, 0.25) is 0 Å². The van der Waals surface area contributed by atoms with E-state index in [-0.39, 0.29) is 5.11 Å². The molecule has 1 amide bonds. The quantitative estimate of drug-likeness (QED) is 0.623. The fourth-order valence-corrected chi connectivity index (χ4v) is 2.30. The number of para-hydroxylation sites is 2. The molecule has 0 unspecified atom stereocenters. The van der Waals surface area contributed by atoms with Crippen molar-refractivity contribution in [2.45, 2.75) is 0 Å². The van der Waals surface area contributed by atoms with Crippen molar-refractivity contribution in [2.24, 2.45) is 5.73 Å². The number of anilines is 1. The number of benzene rings is 2. The number of hydrogen-bond acceptors (Lipinski definition) is 5. The Morgan fingerprint density at radius 2 is 1.64 bits per heavy atom. The highest BCUT2D eigenvalue weighted by Gasteiger charge is 2.19. The number of hydrogen-bond donors (Lipinski definition) is 2. The van der Waals surface area contributed by atoms with Crippen LogP contribution < -0.4 is 30.4 Å². The zero-order chi connectivity index (χ0) is 18.4. The molecule has 2 rings (SSSR count). The van der Waals surface area contributed by atoms with Crippen LogP contribution >= 0.6 is 12.2 Å². The predicted octanol–water partition coefficient (Wildman–Crippen LogP) is 2.11. The second kappa shape index (κ2) is 8.20. The number of methoxy groups -OCH3 is 3. The molecule has 0 aliphatic rings. The van der Waals surface area contributed by atoms with E-state index in [1.165, 1.54) is 26.3 Å². The third kappa shape index (κ3) is 4.30. The van der Waals surface area contributed by atoms with Crippen LogP contribution in [0, 0.1) is 0 Å². The van der Waals surface area contributed by atoms with Gasteiger partial charge in [0.15, 0.2) is 5.11 Å². The van der Waals surface area contributed by atoms with E-state index in [1.54, 1.807) is 42.5 Å². The first-order valence-corrected chi connectivity index (χ1v) is 7.67. The summed E-state index contributed by atoms with van der Waals surface area (Å²) in [6, 6.07) is 11.9. The van der Waals surface area contributed by atoms with Crippen LogP contribution in [-0.4, -0.2) is 32.3 Å². The average molecular weight is 361 g/mol. The summed E-state index contributed by atoms with van der Waals surface area (Å²) in [7, 11) is 4.53. The van der Waals surface area contributed by atoms with Crippen LogP contribution in [0.15, 0.2) is 42.5 Å². The number of ether oxygens (including phenoxy) is 3. The average Bonchev–Trinajstić information content (AvgIpc) is 2.65. The van der Waals surface area contributed by atoms with E-state index in [0.29, 0.717) is 28.5 Å². The van der Waals surface area contributed by atoms with Crippen molar-refractivity contribution in [3.8, 4) is 17.2 Å². The third-order valence-electron chi connectivity index (χ3n) is 3.37. The standard InChI is InChI=1S/C17H19N3O4S/c1-22-12-8-11(9-13(10-12)23-2)16(21)19-20(17(18)25)14-6-4-5-7-15(14)24-3/h4-10H,1-3H3,(H2,18,25)(H,19,21). The van der Waals surface area contributed by atoms with Crippen molar-refractivity contribution < 1.29 is 19.0 Å². The molecule has 0 bridgehead atoms. The van der Waals surface area contributed by atoms with Gasteiger partial charge in [0.1, 0.15) is 22.9 Å². The molecule has 8 heteroatoms. The SMILES string of the molecule is COc1cc(OC)cc(C(=O)NN(C(N)=S)c2ccccc2OC)c1. The maximum atomic E-state index is 12.6. The van der Waals surface area contributed by atoms with Crippen LogP contribution in [0.2, 0.25) is 0 Å². The first-order chi connectivity index (χ1) is 12.0. The molecule has 0 spiro atoms. The van der Waals surface area contributed by atoms with Crippen molar-refractivity contribution in [2.75, 3.05) is 26.3 Å². The molecular formula is C17H19N3O4S. The first-order valence-electron chi connectivity index (χ1n) is 7.26. The highest BCUT2D eigenvalue weighted by molar-refractivity contribution is 7.80. The molecule has 0 heterocycles. The van der Waals surface area contributed by atoms with Crippen LogP contribution in [-0.2, 0) is 0 Å². The van der Waals surface area contributed by atoms with Gasteiger partial charge in [-0.3, -0.25) is 10.2 Å². The van der Waals surface area contributed by atoms with Crippen LogP contribution in [0.3, 0.4) is 0 Å². The summed E-state index contributed by atoms with van der Waals surface area (Å²) in [5.41, 5.74) is 9.27. The normalized spacial score (nSPS) is 9.88. The minimum Gasteiger partial charge on any atom is -0.497 e. The molecule has 25 heavy (non-hydrogen) atoms. The number of carbonyl (C=O) groups is 1. The largest absolute Gasteiger partial charge is 0.497 e. The van der Waals surface area contributed by atoms with Gasteiger partial charge in [-0.1, -0.05) is 12.1 Å². The Morgan fingerprint density at radius 1 is 1.04 bits per heavy atom. The number of nitrogens with one attached hydrogen (secondary N) is 1. The first kappa shape index (κ1) is 18.3. The van der Waals surface area contributed by atoms with Gasteiger partial charge in [-0.25, -0.2) is 5.01 Å². The second-order valence-electron chi connectivity index (χ2n) is 4.89. The number of thiocarbonyl (C=S) groups is 1. The van der Waals surface area contributed by atoms with E-state index in [2.05, 4.69) is 5.43 Å². The lowest BCUT2D eigenvalue weighted by molar-refractivity contribution is 0.0954. The summed E-state index contributed by atoms with van der Waals surface area (Å²) in [5, 5.41) is 1.25. The molecule has 0 radical (unpaired) electrons. The fraction of sp³-hybridized carbons (Fsp3) is 0.176. The van der Waals surface area contributed by atoms with Gasteiger partial charge in [-0.15, -0.1) is 0 Å². The molecule has 0 saturated carbocycles. The van der Waals surface area contributed by atoms with Crippen molar-refractivity contribution in [3.63, 3.8) is 0 Å². The molecule has 0 atom stereocenters. The van der Waals surface area contributed by atoms with Crippen molar-refractivity contribution in [1.82, 2.24) is 5.43 Å². The number of carbonyl (C=O) groups excluding carboxylic acids is 1. The minimum absolute atomic E-state index is 0.0345. The Morgan fingerprint density at radius 3 is 2.16 bits per heavy atom. The molecule has 132 valence electrons. The van der Waals surface area contributed by atoms with Crippen molar-refractivity contribution in [1.29, 1.82) is 0 Å². The van der Waals surface area contributed by atoms with E-state index in [0.717, 1.165) is 0 Å². The van der Waals surface area contributed by atoms with Crippen LogP contribution in [0.5, 0.6) is 17.2 Å². The van der Waals surface area contributed by atoms with Crippen LogP contribution in [0.1, 0.15) is 10.4 Å². The van der Waals surface area contributed by atoms with E-state index >= 15 is 0 Å². The van der Waals surface area contributed by atoms with Gasteiger partial charge in [-0.2, -0.15) is 0 Å². The zero-order valence-corrected chi connectivity index (χ0v) is 14.9. The number of nitrogens with zero attached hydrogens (tertiary/aromatic N) is 1. The minimum atomic E-state index is -0.434.